The molecule has 1 N–H and O–H groups in total. The highest BCUT2D eigenvalue weighted by molar-refractivity contribution is 5.96. The lowest BCUT2D eigenvalue weighted by Crippen LogP contribution is -2.38. The van der Waals surface area contributed by atoms with Gasteiger partial charge in [-0.15, -0.1) is 0 Å². The van der Waals surface area contributed by atoms with Crippen LogP contribution in [0.25, 0.3) is 0 Å². The molecule has 0 aromatic heterocycles. The fourth-order valence-electron chi connectivity index (χ4n) is 2.44. The number of hydrogen-bond acceptors (Lipinski definition) is 2. The summed E-state index contributed by atoms with van der Waals surface area (Å²) in [6.07, 6.45) is 3.56. The Hall–Kier alpha value is -1.84. The lowest BCUT2D eigenvalue weighted by molar-refractivity contribution is -0.137. The van der Waals surface area contributed by atoms with Crippen molar-refractivity contribution in [1.29, 1.82) is 0 Å². The number of amides is 1. The van der Waals surface area contributed by atoms with Gasteiger partial charge in [0.2, 0.25) is 0 Å². The van der Waals surface area contributed by atoms with Gasteiger partial charge in [0.05, 0.1) is 0 Å². The molecule has 0 spiro atoms. The molecule has 0 atom stereocenters. The summed E-state index contributed by atoms with van der Waals surface area (Å²) in [5.74, 6) is -0.636. The minimum absolute atomic E-state index is 0.111. The molecule has 1 aromatic carbocycles. The molecule has 1 amide bonds. The van der Waals surface area contributed by atoms with Gasteiger partial charge in [-0.2, -0.15) is 0 Å². The number of rotatable bonds is 6. The van der Waals surface area contributed by atoms with Crippen LogP contribution in [0.5, 0.6) is 0 Å². The van der Waals surface area contributed by atoms with Crippen LogP contribution in [0.1, 0.15) is 41.6 Å². The molecule has 2 rings (SSSR count). The zero-order chi connectivity index (χ0) is 13.7. The van der Waals surface area contributed by atoms with E-state index in [1.807, 2.05) is 29.2 Å². The van der Waals surface area contributed by atoms with Crippen molar-refractivity contribution in [1.82, 2.24) is 4.90 Å². The van der Waals surface area contributed by atoms with Crippen molar-refractivity contribution in [2.24, 2.45) is 0 Å². The van der Waals surface area contributed by atoms with E-state index >= 15 is 0 Å². The average Bonchev–Trinajstić information content (AvgIpc) is 2.41. The lowest BCUT2D eigenvalue weighted by Gasteiger charge is -2.28. The molecule has 19 heavy (non-hydrogen) atoms. The van der Waals surface area contributed by atoms with E-state index < -0.39 is 5.97 Å². The third-order valence-electron chi connectivity index (χ3n) is 3.50. The highest BCUT2D eigenvalue weighted by atomic mass is 16.4. The van der Waals surface area contributed by atoms with Crippen molar-refractivity contribution >= 4 is 11.9 Å². The SMILES string of the molecule is O=C(O)CCCCCN1CCc2ccccc2C1=O. The van der Waals surface area contributed by atoms with Gasteiger partial charge in [-0.3, -0.25) is 9.59 Å². The second kappa shape index (κ2) is 6.36. The van der Waals surface area contributed by atoms with Crippen LogP contribution in [0.2, 0.25) is 0 Å². The minimum atomic E-state index is -0.747. The molecule has 0 fully saturated rings. The summed E-state index contributed by atoms with van der Waals surface area (Å²) in [5, 5.41) is 8.55. The molecule has 0 aliphatic carbocycles. The number of carbonyl (C=O) groups excluding carboxylic acids is 1. The first-order chi connectivity index (χ1) is 9.18. The molecule has 0 bridgehead atoms. The number of carboxylic acid groups (broad SMARTS) is 1. The summed E-state index contributed by atoms with van der Waals surface area (Å²) < 4.78 is 0. The molecule has 102 valence electrons. The minimum Gasteiger partial charge on any atom is -0.481 e. The Morgan fingerprint density at radius 2 is 2.00 bits per heavy atom. The van der Waals surface area contributed by atoms with Crippen LogP contribution in [0, 0.1) is 0 Å². The molecule has 1 heterocycles. The van der Waals surface area contributed by atoms with Gasteiger partial charge in [-0.05, 0) is 30.9 Å². The Morgan fingerprint density at radius 1 is 1.21 bits per heavy atom. The topological polar surface area (TPSA) is 57.6 Å². The van der Waals surface area contributed by atoms with Gasteiger partial charge in [0, 0.05) is 25.1 Å². The predicted molar refractivity (Wildman–Crippen MR) is 72.2 cm³/mol. The second-order valence-corrected chi connectivity index (χ2v) is 4.90. The van der Waals surface area contributed by atoms with Gasteiger partial charge in [0.15, 0.2) is 0 Å². The van der Waals surface area contributed by atoms with Crippen molar-refractivity contribution in [2.75, 3.05) is 13.1 Å². The molecule has 0 saturated heterocycles. The van der Waals surface area contributed by atoms with E-state index in [0.29, 0.717) is 6.42 Å². The fraction of sp³-hybridized carbons (Fsp3) is 0.467. The molecule has 1 aromatic rings. The number of nitrogens with zero attached hydrogens (tertiary/aromatic N) is 1. The summed E-state index contributed by atoms with van der Waals surface area (Å²) in [6.45, 7) is 1.50. The van der Waals surface area contributed by atoms with E-state index in [-0.39, 0.29) is 12.3 Å². The first-order valence-electron chi connectivity index (χ1n) is 6.77. The highest BCUT2D eigenvalue weighted by Gasteiger charge is 2.22. The number of carboxylic acids is 1. The van der Waals surface area contributed by atoms with Crippen molar-refractivity contribution in [2.45, 2.75) is 32.1 Å². The smallest absolute Gasteiger partial charge is 0.303 e. The van der Waals surface area contributed by atoms with Crippen LogP contribution in [0.3, 0.4) is 0 Å². The van der Waals surface area contributed by atoms with Crippen molar-refractivity contribution in [3.05, 3.63) is 35.4 Å². The number of aliphatic carboxylic acids is 1. The van der Waals surface area contributed by atoms with Gasteiger partial charge >= 0.3 is 5.97 Å². The Morgan fingerprint density at radius 3 is 2.79 bits per heavy atom. The molecule has 0 saturated carbocycles. The molecule has 1 aliphatic heterocycles. The van der Waals surface area contributed by atoms with Crippen molar-refractivity contribution < 1.29 is 14.7 Å². The quantitative estimate of drug-likeness (QED) is 0.799. The van der Waals surface area contributed by atoms with E-state index in [4.69, 9.17) is 5.11 Å². The van der Waals surface area contributed by atoms with Crippen LogP contribution >= 0.6 is 0 Å². The van der Waals surface area contributed by atoms with Gasteiger partial charge in [-0.25, -0.2) is 0 Å². The predicted octanol–water partition coefficient (Wildman–Crippen LogP) is 2.33. The fourth-order valence-corrected chi connectivity index (χ4v) is 2.44. The van der Waals surface area contributed by atoms with E-state index in [1.54, 1.807) is 0 Å². The Bertz CT molecular complexity index is 470. The molecule has 4 nitrogen and oxygen atoms in total. The molecule has 1 aliphatic rings. The largest absolute Gasteiger partial charge is 0.481 e. The number of fused-ring (bicyclic) bond motifs is 1. The van der Waals surface area contributed by atoms with Crippen LogP contribution in [-0.2, 0) is 11.2 Å². The van der Waals surface area contributed by atoms with Gasteiger partial charge < -0.3 is 10.0 Å². The molecule has 0 unspecified atom stereocenters. The second-order valence-electron chi connectivity index (χ2n) is 4.90. The monoisotopic (exact) mass is 261 g/mol. The standard InChI is InChI=1S/C15H19NO3/c17-14(18)8-2-1-5-10-16-11-9-12-6-3-4-7-13(12)15(16)19/h3-4,6-7H,1-2,5,8-11H2,(H,17,18). The zero-order valence-electron chi connectivity index (χ0n) is 11.0. The van der Waals surface area contributed by atoms with Crippen LogP contribution in [-0.4, -0.2) is 35.0 Å². The molecule has 0 radical (unpaired) electrons. The zero-order valence-corrected chi connectivity index (χ0v) is 11.0. The van der Waals surface area contributed by atoms with Crippen LogP contribution in [0.15, 0.2) is 24.3 Å². The van der Waals surface area contributed by atoms with Crippen molar-refractivity contribution in [3.8, 4) is 0 Å². The molecule has 4 heteroatoms. The number of hydrogen-bond donors (Lipinski definition) is 1. The Kier molecular flexibility index (Phi) is 4.55. The van der Waals surface area contributed by atoms with E-state index in [0.717, 1.165) is 43.5 Å². The Balaban J connectivity index is 1.80. The number of carbonyl (C=O) groups is 2. The van der Waals surface area contributed by atoms with Gasteiger partial charge in [-0.1, -0.05) is 24.6 Å². The van der Waals surface area contributed by atoms with Crippen LogP contribution < -0.4 is 0 Å². The maximum Gasteiger partial charge on any atom is 0.303 e. The van der Waals surface area contributed by atoms with Crippen LogP contribution in [0.4, 0.5) is 0 Å². The van der Waals surface area contributed by atoms with E-state index in [1.165, 1.54) is 0 Å². The molecular weight excluding hydrogens is 242 g/mol. The number of unbranched alkanes of at least 4 members (excludes halogenated alkanes) is 2. The van der Waals surface area contributed by atoms with Gasteiger partial charge in [0.25, 0.3) is 5.91 Å². The summed E-state index contributed by atoms with van der Waals surface area (Å²) in [6, 6.07) is 7.76. The van der Waals surface area contributed by atoms with Crippen molar-refractivity contribution in [3.63, 3.8) is 0 Å². The lowest BCUT2D eigenvalue weighted by atomic mass is 9.99. The summed E-state index contributed by atoms with van der Waals surface area (Å²) in [5.41, 5.74) is 1.95. The summed E-state index contributed by atoms with van der Waals surface area (Å²) in [4.78, 5) is 24.5. The maximum absolute atomic E-state index is 12.2. The first-order valence-corrected chi connectivity index (χ1v) is 6.77. The highest BCUT2D eigenvalue weighted by Crippen LogP contribution is 2.19. The average molecular weight is 261 g/mol. The van der Waals surface area contributed by atoms with E-state index in [2.05, 4.69) is 0 Å². The normalized spacial score (nSPS) is 14.3. The van der Waals surface area contributed by atoms with Gasteiger partial charge in [0.1, 0.15) is 0 Å². The molecular formula is C15H19NO3. The third kappa shape index (κ3) is 3.56. The first kappa shape index (κ1) is 13.6. The number of benzene rings is 1. The summed E-state index contributed by atoms with van der Waals surface area (Å²) in [7, 11) is 0. The third-order valence-corrected chi connectivity index (χ3v) is 3.50. The summed E-state index contributed by atoms with van der Waals surface area (Å²) >= 11 is 0. The maximum atomic E-state index is 12.2. The Labute approximate surface area is 113 Å². The van der Waals surface area contributed by atoms with E-state index in [9.17, 15) is 9.59 Å².